The summed E-state index contributed by atoms with van der Waals surface area (Å²) < 4.78 is 36.2. The maximum absolute atomic E-state index is 12.2. The fourth-order valence-electron chi connectivity index (χ4n) is 2.48. The van der Waals surface area contributed by atoms with Crippen molar-refractivity contribution in [1.82, 2.24) is 4.47 Å². The number of nitrogens with one attached hydrogen (secondary N) is 1. The third-order valence-corrected chi connectivity index (χ3v) is 5.90. The molecule has 0 bridgehead atoms. The SMILES string of the molecule is COc1cc(/C=C/C(=O)Nc2ccc(S(=O)(=O)N(C)OC)cc2)ccc1OCC(C)C. The molecule has 0 fully saturated rings. The van der Waals surface area contributed by atoms with E-state index in [1.807, 2.05) is 6.07 Å². The largest absolute Gasteiger partial charge is 0.493 e. The van der Waals surface area contributed by atoms with Crippen LogP contribution in [0.2, 0.25) is 0 Å². The first kappa shape index (κ1) is 24.4. The molecule has 0 atom stereocenters. The molecule has 0 aliphatic heterocycles. The fraction of sp³-hybridized carbons (Fsp3) is 0.318. The van der Waals surface area contributed by atoms with Gasteiger partial charge in [0.25, 0.3) is 10.0 Å². The van der Waals surface area contributed by atoms with Crippen molar-refractivity contribution in [3.8, 4) is 11.5 Å². The molecule has 9 heteroatoms. The first-order chi connectivity index (χ1) is 14.7. The molecule has 0 aliphatic carbocycles. The van der Waals surface area contributed by atoms with Crippen molar-refractivity contribution in [3.05, 3.63) is 54.1 Å². The lowest BCUT2D eigenvalue weighted by atomic mass is 10.2. The molecule has 0 heterocycles. The smallest absolute Gasteiger partial charge is 0.264 e. The van der Waals surface area contributed by atoms with Crippen LogP contribution in [0.5, 0.6) is 11.5 Å². The number of rotatable bonds is 10. The monoisotopic (exact) mass is 448 g/mol. The van der Waals surface area contributed by atoms with Gasteiger partial charge in [0.2, 0.25) is 5.91 Å². The van der Waals surface area contributed by atoms with Gasteiger partial charge in [0, 0.05) is 18.8 Å². The Hall–Kier alpha value is -2.88. The van der Waals surface area contributed by atoms with E-state index >= 15 is 0 Å². The lowest BCUT2D eigenvalue weighted by Gasteiger charge is -2.14. The van der Waals surface area contributed by atoms with Crippen LogP contribution in [-0.2, 0) is 19.7 Å². The van der Waals surface area contributed by atoms with E-state index in [4.69, 9.17) is 14.3 Å². The van der Waals surface area contributed by atoms with E-state index in [0.717, 1.165) is 10.0 Å². The van der Waals surface area contributed by atoms with Crippen LogP contribution < -0.4 is 14.8 Å². The third-order valence-electron chi connectivity index (χ3n) is 4.20. The molecule has 2 aromatic carbocycles. The summed E-state index contributed by atoms with van der Waals surface area (Å²) in [7, 11) is 0.388. The van der Waals surface area contributed by atoms with Crippen molar-refractivity contribution in [2.24, 2.45) is 5.92 Å². The van der Waals surface area contributed by atoms with Crippen LogP contribution in [0.1, 0.15) is 19.4 Å². The summed E-state index contributed by atoms with van der Waals surface area (Å²) >= 11 is 0. The number of amides is 1. The molecule has 31 heavy (non-hydrogen) atoms. The van der Waals surface area contributed by atoms with E-state index in [0.29, 0.717) is 29.7 Å². The number of benzene rings is 2. The highest BCUT2D eigenvalue weighted by atomic mass is 32.2. The van der Waals surface area contributed by atoms with Crippen molar-refractivity contribution < 1.29 is 27.5 Å². The summed E-state index contributed by atoms with van der Waals surface area (Å²) in [5.74, 6) is 1.26. The maximum atomic E-state index is 12.2. The molecule has 0 saturated carbocycles. The van der Waals surface area contributed by atoms with E-state index < -0.39 is 10.0 Å². The van der Waals surface area contributed by atoms with E-state index in [-0.39, 0.29) is 10.8 Å². The number of hydrogen-bond acceptors (Lipinski definition) is 6. The zero-order valence-electron chi connectivity index (χ0n) is 18.3. The van der Waals surface area contributed by atoms with E-state index in [2.05, 4.69) is 19.2 Å². The molecule has 0 aliphatic rings. The Morgan fingerprint density at radius 3 is 2.35 bits per heavy atom. The van der Waals surface area contributed by atoms with Gasteiger partial charge in [0.05, 0.1) is 25.7 Å². The molecule has 0 saturated heterocycles. The Morgan fingerprint density at radius 2 is 1.77 bits per heavy atom. The van der Waals surface area contributed by atoms with Gasteiger partial charge in [-0.25, -0.2) is 8.42 Å². The van der Waals surface area contributed by atoms with Gasteiger partial charge in [-0.05, 0) is 54.0 Å². The molecule has 1 amide bonds. The summed E-state index contributed by atoms with van der Waals surface area (Å²) in [6.07, 6.45) is 3.03. The molecular formula is C22H28N2O6S. The molecule has 168 valence electrons. The number of hydrogen-bond donors (Lipinski definition) is 1. The summed E-state index contributed by atoms with van der Waals surface area (Å²) in [5.41, 5.74) is 1.23. The second-order valence-corrected chi connectivity index (χ2v) is 9.00. The zero-order valence-corrected chi connectivity index (χ0v) is 19.1. The Morgan fingerprint density at radius 1 is 1.10 bits per heavy atom. The molecule has 2 aromatic rings. The van der Waals surface area contributed by atoms with E-state index in [9.17, 15) is 13.2 Å². The zero-order chi connectivity index (χ0) is 23.0. The molecule has 0 unspecified atom stereocenters. The van der Waals surface area contributed by atoms with Gasteiger partial charge in [-0.2, -0.15) is 0 Å². The summed E-state index contributed by atoms with van der Waals surface area (Å²) in [6.45, 7) is 4.70. The van der Waals surface area contributed by atoms with E-state index in [1.165, 1.54) is 44.5 Å². The van der Waals surface area contributed by atoms with Crippen molar-refractivity contribution in [1.29, 1.82) is 0 Å². The Labute approximate surface area is 183 Å². The molecule has 8 nitrogen and oxygen atoms in total. The second-order valence-electron chi connectivity index (χ2n) is 7.06. The van der Waals surface area contributed by atoms with Crippen molar-refractivity contribution >= 4 is 27.7 Å². The lowest BCUT2D eigenvalue weighted by Crippen LogP contribution is -2.25. The predicted molar refractivity (Wildman–Crippen MR) is 119 cm³/mol. The fourth-order valence-corrected chi connectivity index (χ4v) is 3.45. The standard InChI is InChI=1S/C22H28N2O6S/c1-16(2)15-30-20-12-6-17(14-21(20)28-4)7-13-22(25)23-18-8-10-19(11-9-18)31(26,27)24(3)29-5/h6-14,16H,15H2,1-5H3,(H,23,25)/b13-7+. The Bertz CT molecular complexity index is 1020. The summed E-state index contributed by atoms with van der Waals surface area (Å²) in [6, 6.07) is 11.2. The second kappa shape index (κ2) is 10.9. The van der Waals surface area contributed by atoms with Gasteiger partial charge in [0.15, 0.2) is 11.5 Å². The van der Waals surface area contributed by atoms with Gasteiger partial charge in [-0.1, -0.05) is 24.4 Å². The van der Waals surface area contributed by atoms with Gasteiger partial charge in [-0.15, -0.1) is 0 Å². The summed E-state index contributed by atoms with van der Waals surface area (Å²) in [4.78, 5) is 17.0. The number of methoxy groups -OCH3 is 1. The first-order valence-electron chi connectivity index (χ1n) is 9.60. The predicted octanol–water partition coefficient (Wildman–Crippen LogP) is 3.56. The normalized spacial score (nSPS) is 11.8. The van der Waals surface area contributed by atoms with Crippen LogP contribution in [0.25, 0.3) is 6.08 Å². The maximum Gasteiger partial charge on any atom is 0.264 e. The molecule has 2 rings (SSSR count). The first-order valence-corrected chi connectivity index (χ1v) is 11.0. The number of anilines is 1. The Balaban J connectivity index is 2.04. The van der Waals surface area contributed by atoms with Crippen LogP contribution in [0.15, 0.2) is 53.4 Å². The number of carbonyl (C=O) groups is 1. The number of carbonyl (C=O) groups excluding carboxylic acids is 1. The number of hydroxylamine groups is 1. The van der Waals surface area contributed by atoms with Crippen molar-refractivity contribution in [2.45, 2.75) is 18.7 Å². The van der Waals surface area contributed by atoms with Crippen molar-refractivity contribution in [3.63, 3.8) is 0 Å². The highest BCUT2D eigenvalue weighted by Crippen LogP contribution is 2.29. The van der Waals surface area contributed by atoms with Gasteiger partial charge < -0.3 is 14.8 Å². The van der Waals surface area contributed by atoms with Gasteiger partial charge in [-0.3, -0.25) is 9.63 Å². The van der Waals surface area contributed by atoms with Crippen LogP contribution >= 0.6 is 0 Å². The number of sulfonamides is 1. The molecule has 0 radical (unpaired) electrons. The van der Waals surface area contributed by atoms with Gasteiger partial charge in [0.1, 0.15) is 0 Å². The summed E-state index contributed by atoms with van der Waals surface area (Å²) in [5, 5.41) is 2.69. The lowest BCUT2D eigenvalue weighted by molar-refractivity contribution is -0.111. The highest BCUT2D eigenvalue weighted by molar-refractivity contribution is 7.89. The minimum Gasteiger partial charge on any atom is -0.493 e. The minimum absolute atomic E-state index is 0.0530. The van der Waals surface area contributed by atoms with Crippen LogP contribution in [0.3, 0.4) is 0 Å². The quantitative estimate of drug-likeness (QED) is 0.441. The molecule has 0 spiro atoms. The molecule has 0 aromatic heterocycles. The number of nitrogens with zero attached hydrogens (tertiary/aromatic N) is 1. The van der Waals surface area contributed by atoms with Crippen LogP contribution in [0, 0.1) is 5.92 Å². The molecular weight excluding hydrogens is 420 g/mol. The van der Waals surface area contributed by atoms with Gasteiger partial charge >= 0.3 is 0 Å². The van der Waals surface area contributed by atoms with Crippen LogP contribution in [0.4, 0.5) is 5.69 Å². The average molecular weight is 449 g/mol. The molecule has 1 N–H and O–H groups in total. The highest BCUT2D eigenvalue weighted by Gasteiger charge is 2.20. The third kappa shape index (κ3) is 6.81. The minimum atomic E-state index is -3.74. The Kier molecular flexibility index (Phi) is 8.61. The van der Waals surface area contributed by atoms with Crippen molar-refractivity contribution in [2.75, 3.05) is 33.2 Å². The number of ether oxygens (including phenoxy) is 2. The van der Waals surface area contributed by atoms with Crippen LogP contribution in [-0.4, -0.2) is 46.7 Å². The van der Waals surface area contributed by atoms with E-state index in [1.54, 1.807) is 25.3 Å². The average Bonchev–Trinajstić information content (AvgIpc) is 2.76. The topological polar surface area (TPSA) is 94.2 Å².